The van der Waals surface area contributed by atoms with E-state index >= 15 is 0 Å². The first-order chi connectivity index (χ1) is 9.22. The summed E-state index contributed by atoms with van der Waals surface area (Å²) in [6.07, 6.45) is 2.67. The van der Waals surface area contributed by atoms with E-state index in [2.05, 4.69) is 38.4 Å². The van der Waals surface area contributed by atoms with Gasteiger partial charge in [-0.1, -0.05) is 23.7 Å². The number of aromatic nitrogens is 1. The molecule has 0 radical (unpaired) electrons. The predicted molar refractivity (Wildman–Crippen MR) is 79.9 cm³/mol. The van der Waals surface area contributed by atoms with Crippen LogP contribution in [0.25, 0.3) is 0 Å². The Morgan fingerprint density at radius 1 is 1.37 bits per heavy atom. The van der Waals surface area contributed by atoms with Crippen LogP contribution in [0.4, 0.5) is 5.69 Å². The fourth-order valence-electron chi connectivity index (χ4n) is 2.09. The molecule has 0 atom stereocenters. The fraction of sp³-hybridized carbons (Fsp3) is 0.214. The maximum atomic E-state index is 6.04. The molecule has 0 aliphatic carbocycles. The number of pyridine rings is 1. The average Bonchev–Trinajstić information content (AvgIpc) is 2.87. The van der Waals surface area contributed by atoms with Gasteiger partial charge in [-0.25, -0.2) is 4.98 Å². The molecule has 98 valence electrons. The lowest BCUT2D eigenvalue weighted by Crippen LogP contribution is -2.01. The third-order valence-electron chi connectivity index (χ3n) is 3.04. The lowest BCUT2D eigenvalue weighted by atomic mass is 10.1. The molecule has 1 aromatic heterocycles. The summed E-state index contributed by atoms with van der Waals surface area (Å²) in [6.45, 7) is 1.50. The Labute approximate surface area is 125 Å². The SMILES string of the molecule is Clc1ncc(Br)cc1NCc1ccc2c(c1)CCO2. The monoisotopic (exact) mass is 338 g/mol. The van der Waals surface area contributed by atoms with Crippen molar-refractivity contribution in [2.24, 2.45) is 0 Å². The molecule has 1 N–H and O–H groups in total. The molecule has 1 aliphatic rings. The van der Waals surface area contributed by atoms with Crippen molar-refractivity contribution in [1.29, 1.82) is 0 Å². The molecule has 0 fully saturated rings. The highest BCUT2D eigenvalue weighted by atomic mass is 79.9. The van der Waals surface area contributed by atoms with Crippen LogP contribution in [0.2, 0.25) is 5.15 Å². The van der Waals surface area contributed by atoms with Gasteiger partial charge in [0.2, 0.25) is 0 Å². The zero-order chi connectivity index (χ0) is 13.2. The normalized spacial score (nSPS) is 12.9. The Morgan fingerprint density at radius 3 is 3.16 bits per heavy atom. The van der Waals surface area contributed by atoms with E-state index in [1.807, 2.05) is 12.1 Å². The number of rotatable bonds is 3. The highest BCUT2D eigenvalue weighted by Gasteiger charge is 2.12. The van der Waals surface area contributed by atoms with E-state index in [-0.39, 0.29) is 0 Å². The molecular formula is C14H12BrClN2O. The molecule has 0 amide bonds. The highest BCUT2D eigenvalue weighted by molar-refractivity contribution is 9.10. The predicted octanol–water partition coefficient (Wildman–Crippen LogP) is 4.04. The van der Waals surface area contributed by atoms with Crippen molar-refractivity contribution >= 4 is 33.2 Å². The smallest absolute Gasteiger partial charge is 0.152 e. The molecule has 2 heterocycles. The molecule has 19 heavy (non-hydrogen) atoms. The number of hydrogen-bond donors (Lipinski definition) is 1. The van der Waals surface area contributed by atoms with Gasteiger partial charge in [0, 0.05) is 23.6 Å². The number of hydrogen-bond acceptors (Lipinski definition) is 3. The summed E-state index contributed by atoms with van der Waals surface area (Å²) in [5, 5.41) is 3.78. The molecule has 1 aliphatic heterocycles. The van der Waals surface area contributed by atoms with E-state index in [4.69, 9.17) is 16.3 Å². The third-order valence-corrected chi connectivity index (χ3v) is 3.78. The first-order valence-corrected chi connectivity index (χ1v) is 7.19. The average molecular weight is 340 g/mol. The van der Waals surface area contributed by atoms with E-state index in [9.17, 15) is 0 Å². The van der Waals surface area contributed by atoms with Gasteiger partial charge >= 0.3 is 0 Å². The Kier molecular flexibility index (Phi) is 3.62. The van der Waals surface area contributed by atoms with Crippen molar-refractivity contribution < 1.29 is 4.74 Å². The number of ether oxygens (including phenoxy) is 1. The van der Waals surface area contributed by atoms with E-state index in [1.54, 1.807) is 6.20 Å². The standard InChI is InChI=1S/C14H12BrClN2O/c15-11-6-12(14(16)18-8-11)17-7-9-1-2-13-10(5-9)3-4-19-13/h1-2,5-6,8,17H,3-4,7H2. The Bertz CT molecular complexity index is 618. The lowest BCUT2D eigenvalue weighted by Gasteiger charge is -2.09. The van der Waals surface area contributed by atoms with Crippen LogP contribution in [0.5, 0.6) is 5.75 Å². The number of anilines is 1. The van der Waals surface area contributed by atoms with Crippen LogP contribution in [-0.2, 0) is 13.0 Å². The molecular weight excluding hydrogens is 328 g/mol. The largest absolute Gasteiger partial charge is 0.493 e. The van der Waals surface area contributed by atoms with E-state index in [0.717, 1.165) is 28.9 Å². The van der Waals surface area contributed by atoms with Gasteiger partial charge in [0.1, 0.15) is 5.75 Å². The number of nitrogens with one attached hydrogen (secondary N) is 1. The van der Waals surface area contributed by atoms with Crippen LogP contribution in [0.15, 0.2) is 34.9 Å². The van der Waals surface area contributed by atoms with Crippen LogP contribution in [0, 0.1) is 0 Å². The molecule has 2 aromatic rings. The summed E-state index contributed by atoms with van der Waals surface area (Å²) in [4.78, 5) is 4.08. The van der Waals surface area contributed by atoms with Crippen molar-refractivity contribution in [3.8, 4) is 5.75 Å². The van der Waals surface area contributed by atoms with E-state index in [1.165, 1.54) is 11.1 Å². The van der Waals surface area contributed by atoms with Crippen molar-refractivity contribution in [3.05, 3.63) is 51.2 Å². The molecule has 0 unspecified atom stereocenters. The maximum absolute atomic E-state index is 6.04. The van der Waals surface area contributed by atoms with Gasteiger partial charge < -0.3 is 10.1 Å². The van der Waals surface area contributed by atoms with Gasteiger partial charge in [-0.3, -0.25) is 0 Å². The molecule has 0 bridgehead atoms. The minimum Gasteiger partial charge on any atom is -0.493 e. The Balaban J connectivity index is 1.74. The van der Waals surface area contributed by atoms with Crippen molar-refractivity contribution in [2.75, 3.05) is 11.9 Å². The summed E-state index contributed by atoms with van der Waals surface area (Å²) in [7, 11) is 0. The van der Waals surface area contributed by atoms with Gasteiger partial charge in [0.25, 0.3) is 0 Å². The van der Waals surface area contributed by atoms with Crippen molar-refractivity contribution in [2.45, 2.75) is 13.0 Å². The van der Waals surface area contributed by atoms with Gasteiger partial charge in [-0.05, 0) is 39.2 Å². The summed E-state index contributed by atoms with van der Waals surface area (Å²) < 4.78 is 6.40. The maximum Gasteiger partial charge on any atom is 0.152 e. The fourth-order valence-corrected chi connectivity index (χ4v) is 2.60. The minimum absolute atomic E-state index is 0.479. The van der Waals surface area contributed by atoms with Crippen LogP contribution in [-0.4, -0.2) is 11.6 Å². The minimum atomic E-state index is 0.479. The van der Waals surface area contributed by atoms with Gasteiger partial charge in [0.15, 0.2) is 5.15 Å². The second-order valence-electron chi connectivity index (χ2n) is 4.39. The molecule has 1 aromatic carbocycles. The third kappa shape index (κ3) is 2.85. The number of benzene rings is 1. The summed E-state index contributed by atoms with van der Waals surface area (Å²) >= 11 is 9.43. The van der Waals surface area contributed by atoms with Gasteiger partial charge in [-0.2, -0.15) is 0 Å². The lowest BCUT2D eigenvalue weighted by molar-refractivity contribution is 0.357. The Morgan fingerprint density at radius 2 is 2.26 bits per heavy atom. The molecule has 3 rings (SSSR count). The summed E-state index contributed by atoms with van der Waals surface area (Å²) in [5.41, 5.74) is 3.31. The molecule has 0 spiro atoms. The number of nitrogens with zero attached hydrogens (tertiary/aromatic N) is 1. The van der Waals surface area contributed by atoms with Crippen molar-refractivity contribution in [1.82, 2.24) is 4.98 Å². The molecule has 3 nitrogen and oxygen atoms in total. The second-order valence-corrected chi connectivity index (χ2v) is 5.66. The van der Waals surface area contributed by atoms with E-state index < -0.39 is 0 Å². The van der Waals surface area contributed by atoms with Crippen LogP contribution in [0.3, 0.4) is 0 Å². The van der Waals surface area contributed by atoms with Crippen LogP contribution >= 0.6 is 27.5 Å². The first kappa shape index (κ1) is 12.8. The zero-order valence-electron chi connectivity index (χ0n) is 10.1. The van der Waals surface area contributed by atoms with E-state index in [0.29, 0.717) is 11.7 Å². The topological polar surface area (TPSA) is 34.2 Å². The van der Waals surface area contributed by atoms with Gasteiger partial charge in [-0.15, -0.1) is 0 Å². The second kappa shape index (κ2) is 5.39. The molecule has 0 saturated carbocycles. The van der Waals surface area contributed by atoms with Crippen LogP contribution < -0.4 is 10.1 Å². The Hall–Kier alpha value is -1.26. The zero-order valence-corrected chi connectivity index (χ0v) is 12.5. The quantitative estimate of drug-likeness (QED) is 0.857. The highest BCUT2D eigenvalue weighted by Crippen LogP contribution is 2.27. The molecule has 5 heteroatoms. The summed E-state index contributed by atoms with van der Waals surface area (Å²) in [5.74, 6) is 1.01. The summed E-state index contributed by atoms with van der Waals surface area (Å²) in [6, 6.07) is 8.19. The first-order valence-electron chi connectivity index (χ1n) is 6.02. The molecule has 0 saturated heterocycles. The van der Waals surface area contributed by atoms with Crippen LogP contribution in [0.1, 0.15) is 11.1 Å². The van der Waals surface area contributed by atoms with Gasteiger partial charge in [0.05, 0.1) is 12.3 Å². The number of fused-ring (bicyclic) bond motifs is 1. The van der Waals surface area contributed by atoms with Crippen molar-refractivity contribution in [3.63, 3.8) is 0 Å². The number of halogens is 2.